The molecule has 0 heterocycles. The number of thioether (sulfide) groups is 1. The quantitative estimate of drug-likeness (QED) is 0.289. The van der Waals surface area contributed by atoms with E-state index in [9.17, 15) is 9.59 Å². The molecular weight excluding hydrogens is 476 g/mol. The third kappa shape index (κ3) is 8.75. The summed E-state index contributed by atoms with van der Waals surface area (Å²) in [5.41, 5.74) is 2.03. The van der Waals surface area contributed by atoms with Gasteiger partial charge in [0, 0.05) is 41.1 Å². The largest absolute Gasteiger partial charge is 0.352 e. The molecule has 1 N–H and O–H groups in total. The van der Waals surface area contributed by atoms with Crippen molar-refractivity contribution in [2.45, 2.75) is 56.6 Å². The van der Waals surface area contributed by atoms with Crippen molar-refractivity contribution in [2.24, 2.45) is 0 Å². The molecule has 0 bridgehead atoms. The first kappa shape index (κ1) is 26.8. The number of carbonyl (C=O) groups is 2. The molecule has 0 saturated carbocycles. The van der Waals surface area contributed by atoms with Crippen LogP contribution in [0.2, 0.25) is 5.02 Å². The van der Waals surface area contributed by atoms with E-state index in [2.05, 4.69) is 5.32 Å². The van der Waals surface area contributed by atoms with Gasteiger partial charge in [0.2, 0.25) is 11.8 Å². The third-order valence-corrected chi connectivity index (χ3v) is 7.13. The molecule has 0 aliphatic carbocycles. The van der Waals surface area contributed by atoms with Crippen molar-refractivity contribution in [3.8, 4) is 0 Å². The Bertz CT molecular complexity index is 1060. The lowest BCUT2D eigenvalue weighted by atomic mass is 10.0. The molecule has 0 fully saturated rings. The Morgan fingerprint density at radius 2 is 1.51 bits per heavy atom. The summed E-state index contributed by atoms with van der Waals surface area (Å²) in [4.78, 5) is 29.9. The Kier molecular flexibility index (Phi) is 10.7. The molecule has 0 aliphatic heterocycles. The molecule has 3 aromatic carbocycles. The van der Waals surface area contributed by atoms with Gasteiger partial charge in [0.1, 0.15) is 6.04 Å². The second-order valence-corrected chi connectivity index (χ2v) is 10.2. The number of nitrogens with zero attached hydrogens (tertiary/aromatic N) is 1. The fourth-order valence-corrected chi connectivity index (χ4v) is 4.67. The van der Waals surface area contributed by atoms with Gasteiger partial charge < -0.3 is 10.2 Å². The maximum absolute atomic E-state index is 13.6. The molecule has 0 saturated heterocycles. The lowest BCUT2D eigenvalue weighted by Crippen LogP contribution is -2.52. The van der Waals surface area contributed by atoms with Crippen LogP contribution in [-0.2, 0) is 22.6 Å². The lowest BCUT2D eigenvalue weighted by molar-refractivity contribution is -0.141. The molecular formula is C29H33ClN2O2S. The van der Waals surface area contributed by atoms with E-state index >= 15 is 0 Å². The molecule has 35 heavy (non-hydrogen) atoms. The summed E-state index contributed by atoms with van der Waals surface area (Å²) in [5.74, 6) is 0.477. The van der Waals surface area contributed by atoms with Gasteiger partial charge in [-0.1, -0.05) is 79.2 Å². The van der Waals surface area contributed by atoms with E-state index in [1.54, 1.807) is 16.7 Å². The van der Waals surface area contributed by atoms with Crippen LogP contribution < -0.4 is 5.32 Å². The SMILES string of the molecule is CC[C@H](C)NC(=O)[C@H](Cc1ccccc1)N(Cc1ccccc1)C(=O)CCSc1ccc(Cl)cc1. The van der Waals surface area contributed by atoms with Gasteiger partial charge in [-0.15, -0.1) is 11.8 Å². The Balaban J connectivity index is 1.82. The topological polar surface area (TPSA) is 49.4 Å². The second-order valence-electron chi connectivity index (χ2n) is 8.58. The van der Waals surface area contributed by atoms with Crippen LogP contribution in [-0.4, -0.2) is 34.6 Å². The fraction of sp³-hybridized carbons (Fsp3) is 0.310. The minimum Gasteiger partial charge on any atom is -0.352 e. The predicted octanol–water partition coefficient (Wildman–Crippen LogP) is 6.38. The summed E-state index contributed by atoms with van der Waals surface area (Å²) >= 11 is 7.60. The molecule has 6 heteroatoms. The highest BCUT2D eigenvalue weighted by Crippen LogP contribution is 2.22. The lowest BCUT2D eigenvalue weighted by Gasteiger charge is -2.32. The van der Waals surface area contributed by atoms with Crippen LogP contribution in [0.25, 0.3) is 0 Å². The van der Waals surface area contributed by atoms with Gasteiger partial charge in [-0.2, -0.15) is 0 Å². The molecule has 0 unspecified atom stereocenters. The van der Waals surface area contributed by atoms with E-state index in [1.807, 2.05) is 98.8 Å². The number of hydrogen-bond donors (Lipinski definition) is 1. The molecule has 0 aromatic heterocycles. The van der Waals surface area contributed by atoms with Crippen molar-refractivity contribution in [1.82, 2.24) is 10.2 Å². The number of rotatable bonds is 12. The van der Waals surface area contributed by atoms with Crippen molar-refractivity contribution in [3.63, 3.8) is 0 Å². The number of hydrogen-bond acceptors (Lipinski definition) is 3. The molecule has 0 aliphatic rings. The second kappa shape index (κ2) is 14.0. The minimum atomic E-state index is -0.598. The Labute approximate surface area is 218 Å². The van der Waals surface area contributed by atoms with Gasteiger partial charge in [-0.05, 0) is 48.7 Å². The first-order chi connectivity index (χ1) is 17.0. The molecule has 2 amide bonds. The van der Waals surface area contributed by atoms with Gasteiger partial charge in [0.05, 0.1) is 0 Å². The van der Waals surface area contributed by atoms with E-state index < -0.39 is 6.04 Å². The van der Waals surface area contributed by atoms with Crippen LogP contribution in [0.15, 0.2) is 89.8 Å². The van der Waals surface area contributed by atoms with Crippen molar-refractivity contribution in [3.05, 3.63) is 101 Å². The van der Waals surface area contributed by atoms with E-state index in [4.69, 9.17) is 11.6 Å². The molecule has 2 atom stereocenters. The highest BCUT2D eigenvalue weighted by molar-refractivity contribution is 7.99. The zero-order chi connectivity index (χ0) is 25.0. The molecule has 184 valence electrons. The zero-order valence-electron chi connectivity index (χ0n) is 20.3. The Morgan fingerprint density at radius 1 is 0.914 bits per heavy atom. The zero-order valence-corrected chi connectivity index (χ0v) is 21.9. The van der Waals surface area contributed by atoms with Gasteiger partial charge in [-0.3, -0.25) is 9.59 Å². The van der Waals surface area contributed by atoms with Crippen LogP contribution in [0.3, 0.4) is 0 Å². The monoisotopic (exact) mass is 508 g/mol. The highest BCUT2D eigenvalue weighted by Gasteiger charge is 2.30. The summed E-state index contributed by atoms with van der Waals surface area (Å²) < 4.78 is 0. The van der Waals surface area contributed by atoms with Gasteiger partial charge in [0.25, 0.3) is 0 Å². The first-order valence-corrected chi connectivity index (χ1v) is 13.4. The number of benzene rings is 3. The van der Waals surface area contributed by atoms with Gasteiger partial charge in [-0.25, -0.2) is 0 Å². The maximum atomic E-state index is 13.6. The van der Waals surface area contributed by atoms with Gasteiger partial charge in [0.15, 0.2) is 0 Å². The average Bonchev–Trinajstić information content (AvgIpc) is 2.88. The Morgan fingerprint density at radius 3 is 2.11 bits per heavy atom. The normalized spacial score (nSPS) is 12.5. The third-order valence-electron chi connectivity index (χ3n) is 5.87. The predicted molar refractivity (Wildman–Crippen MR) is 146 cm³/mol. The number of nitrogens with one attached hydrogen (secondary N) is 1. The number of carbonyl (C=O) groups excluding carboxylic acids is 2. The van der Waals surface area contributed by atoms with Crippen LogP contribution in [0.5, 0.6) is 0 Å². The van der Waals surface area contributed by atoms with Crippen molar-refractivity contribution < 1.29 is 9.59 Å². The van der Waals surface area contributed by atoms with E-state index in [0.29, 0.717) is 30.2 Å². The summed E-state index contributed by atoms with van der Waals surface area (Å²) in [6.07, 6.45) is 1.63. The van der Waals surface area contributed by atoms with E-state index in [-0.39, 0.29) is 17.9 Å². The molecule has 0 radical (unpaired) electrons. The molecule has 4 nitrogen and oxygen atoms in total. The summed E-state index contributed by atoms with van der Waals surface area (Å²) in [6.45, 7) is 4.42. The summed E-state index contributed by atoms with van der Waals surface area (Å²) in [5, 5.41) is 3.80. The summed E-state index contributed by atoms with van der Waals surface area (Å²) in [7, 11) is 0. The van der Waals surface area contributed by atoms with Crippen molar-refractivity contribution in [1.29, 1.82) is 0 Å². The van der Waals surface area contributed by atoms with E-state index in [1.165, 1.54) is 0 Å². The summed E-state index contributed by atoms with van der Waals surface area (Å²) in [6, 6.07) is 26.8. The Hall–Kier alpha value is -2.76. The average molecular weight is 509 g/mol. The molecule has 3 aromatic rings. The molecule has 3 rings (SSSR count). The van der Waals surface area contributed by atoms with Crippen LogP contribution >= 0.6 is 23.4 Å². The minimum absolute atomic E-state index is 0.0319. The van der Waals surface area contributed by atoms with Crippen LogP contribution in [0.1, 0.15) is 37.8 Å². The smallest absolute Gasteiger partial charge is 0.243 e. The first-order valence-electron chi connectivity index (χ1n) is 12.0. The van der Waals surface area contributed by atoms with Crippen LogP contribution in [0.4, 0.5) is 0 Å². The van der Waals surface area contributed by atoms with Gasteiger partial charge >= 0.3 is 0 Å². The molecule has 0 spiro atoms. The standard InChI is InChI=1S/C29H33ClN2O2S/c1-3-22(2)31-29(34)27(20-23-10-6-4-7-11-23)32(21-24-12-8-5-9-13-24)28(33)18-19-35-26-16-14-25(30)15-17-26/h4-17,22,27H,3,18-21H2,1-2H3,(H,31,34)/t22-,27-/m0/s1. The van der Waals surface area contributed by atoms with Crippen molar-refractivity contribution >= 4 is 35.2 Å². The van der Waals surface area contributed by atoms with Crippen LogP contribution in [0, 0.1) is 0 Å². The number of halogens is 1. The fourth-order valence-electron chi connectivity index (χ4n) is 3.71. The van der Waals surface area contributed by atoms with Crippen molar-refractivity contribution in [2.75, 3.05) is 5.75 Å². The highest BCUT2D eigenvalue weighted by atomic mass is 35.5. The van der Waals surface area contributed by atoms with E-state index in [0.717, 1.165) is 22.4 Å². The number of amides is 2. The maximum Gasteiger partial charge on any atom is 0.243 e.